The zero-order chi connectivity index (χ0) is 15.5. The summed E-state index contributed by atoms with van der Waals surface area (Å²) >= 11 is 6.02. The van der Waals surface area contributed by atoms with Crippen LogP contribution in [-0.4, -0.2) is 25.6 Å². The zero-order valence-electron chi connectivity index (χ0n) is 11.7. The van der Waals surface area contributed by atoms with Gasteiger partial charge in [-0.25, -0.2) is 9.48 Å². The van der Waals surface area contributed by atoms with E-state index >= 15 is 0 Å². The van der Waals surface area contributed by atoms with Crippen LogP contribution in [0.4, 0.5) is 16.2 Å². The van der Waals surface area contributed by atoms with E-state index in [1.54, 1.807) is 65.5 Å². The van der Waals surface area contributed by atoms with E-state index in [1.165, 1.54) is 0 Å². The predicted molar refractivity (Wildman–Crippen MR) is 84.4 cm³/mol. The quantitative estimate of drug-likeness (QED) is 0.780. The Balaban J connectivity index is 1.81. The van der Waals surface area contributed by atoms with Crippen molar-refractivity contribution >= 4 is 29.0 Å². The molecular weight excluding hydrogens is 304 g/mol. The number of rotatable bonds is 3. The van der Waals surface area contributed by atoms with Crippen molar-refractivity contribution in [1.82, 2.24) is 19.6 Å². The molecule has 0 spiro atoms. The molecule has 3 rings (SSSR count). The predicted octanol–water partition coefficient (Wildman–Crippen LogP) is 2.90. The van der Waals surface area contributed by atoms with Crippen LogP contribution < -0.4 is 10.6 Å². The Morgan fingerprint density at radius 1 is 1.27 bits per heavy atom. The van der Waals surface area contributed by atoms with E-state index in [-0.39, 0.29) is 6.03 Å². The van der Waals surface area contributed by atoms with Crippen LogP contribution in [0.2, 0.25) is 5.02 Å². The Morgan fingerprint density at radius 3 is 2.82 bits per heavy atom. The molecule has 0 aliphatic rings. The number of hydrogen-bond acceptors (Lipinski definition) is 3. The lowest BCUT2D eigenvalue weighted by Gasteiger charge is -2.12. The van der Waals surface area contributed by atoms with Crippen molar-refractivity contribution in [3.05, 3.63) is 54.1 Å². The fourth-order valence-corrected chi connectivity index (χ4v) is 2.15. The summed E-state index contributed by atoms with van der Waals surface area (Å²) in [5, 5.41) is 14.2. The molecule has 0 atom stereocenters. The van der Waals surface area contributed by atoms with E-state index in [4.69, 9.17) is 11.6 Å². The van der Waals surface area contributed by atoms with Gasteiger partial charge in [0, 0.05) is 30.7 Å². The van der Waals surface area contributed by atoms with Crippen molar-refractivity contribution in [1.29, 1.82) is 0 Å². The van der Waals surface area contributed by atoms with Crippen LogP contribution in [0.25, 0.3) is 5.69 Å². The number of benzene rings is 1. The first-order chi connectivity index (χ1) is 10.6. The molecule has 0 bridgehead atoms. The Morgan fingerprint density at radius 2 is 2.14 bits per heavy atom. The third-order valence-corrected chi connectivity index (χ3v) is 3.16. The lowest BCUT2D eigenvalue weighted by Crippen LogP contribution is -2.20. The average molecular weight is 317 g/mol. The van der Waals surface area contributed by atoms with E-state index < -0.39 is 0 Å². The number of halogens is 1. The minimum atomic E-state index is -0.372. The Labute approximate surface area is 131 Å². The van der Waals surface area contributed by atoms with Crippen molar-refractivity contribution in [2.45, 2.75) is 0 Å². The van der Waals surface area contributed by atoms with Gasteiger partial charge >= 0.3 is 6.03 Å². The number of hydrogen-bond donors (Lipinski definition) is 2. The van der Waals surface area contributed by atoms with Crippen molar-refractivity contribution in [3.63, 3.8) is 0 Å². The minimum absolute atomic E-state index is 0.372. The second kappa shape index (κ2) is 5.90. The highest BCUT2D eigenvalue weighted by Gasteiger charge is 2.10. The van der Waals surface area contributed by atoms with E-state index in [9.17, 15) is 4.79 Å². The summed E-state index contributed by atoms with van der Waals surface area (Å²) in [6.07, 6.45) is 6.70. The van der Waals surface area contributed by atoms with Crippen molar-refractivity contribution in [3.8, 4) is 5.69 Å². The van der Waals surface area contributed by atoms with Gasteiger partial charge in [-0.1, -0.05) is 11.6 Å². The first-order valence-corrected chi connectivity index (χ1v) is 6.86. The molecule has 2 amide bonds. The number of urea groups is 1. The van der Waals surface area contributed by atoms with Crippen LogP contribution in [-0.2, 0) is 7.05 Å². The molecule has 0 saturated heterocycles. The number of amides is 2. The van der Waals surface area contributed by atoms with Crippen LogP contribution in [0.15, 0.2) is 49.1 Å². The van der Waals surface area contributed by atoms with Gasteiger partial charge in [0.2, 0.25) is 0 Å². The van der Waals surface area contributed by atoms with Crippen LogP contribution >= 0.6 is 11.6 Å². The summed E-state index contributed by atoms with van der Waals surface area (Å²) in [5.74, 6) is 0. The molecule has 22 heavy (non-hydrogen) atoms. The van der Waals surface area contributed by atoms with Crippen LogP contribution in [0.1, 0.15) is 0 Å². The van der Waals surface area contributed by atoms with Gasteiger partial charge in [0.15, 0.2) is 0 Å². The van der Waals surface area contributed by atoms with Gasteiger partial charge in [-0.05, 0) is 24.3 Å². The van der Waals surface area contributed by atoms with Crippen LogP contribution in [0, 0.1) is 0 Å². The maximum Gasteiger partial charge on any atom is 0.323 e. The molecule has 0 unspecified atom stereocenters. The normalized spacial score (nSPS) is 10.5. The summed E-state index contributed by atoms with van der Waals surface area (Å²) in [4.78, 5) is 12.1. The molecule has 2 N–H and O–H groups in total. The van der Waals surface area contributed by atoms with Crippen LogP contribution in [0.5, 0.6) is 0 Å². The molecule has 0 aliphatic heterocycles. The smallest absolute Gasteiger partial charge is 0.306 e. The van der Waals surface area contributed by atoms with E-state index in [0.29, 0.717) is 22.1 Å². The monoisotopic (exact) mass is 316 g/mol. The number of nitrogens with zero attached hydrogens (tertiary/aromatic N) is 4. The summed E-state index contributed by atoms with van der Waals surface area (Å²) < 4.78 is 3.23. The standard InChI is InChI=1S/C14H13ClN6O/c1-20-9-11(8-17-20)18-14(22)19-12-4-3-10(15)7-13(12)21-6-2-5-16-21/h2-9H,1H3,(H2,18,19,22). The van der Waals surface area contributed by atoms with Gasteiger partial charge in [0.25, 0.3) is 0 Å². The fourth-order valence-electron chi connectivity index (χ4n) is 1.98. The molecule has 1 aromatic carbocycles. The van der Waals surface area contributed by atoms with E-state index in [1.807, 2.05) is 0 Å². The maximum atomic E-state index is 12.1. The number of aromatic nitrogens is 4. The fraction of sp³-hybridized carbons (Fsp3) is 0.0714. The van der Waals surface area contributed by atoms with Crippen molar-refractivity contribution < 1.29 is 4.79 Å². The molecule has 0 saturated carbocycles. The summed E-state index contributed by atoms with van der Waals surface area (Å²) in [6.45, 7) is 0. The summed E-state index contributed by atoms with van der Waals surface area (Å²) in [5.41, 5.74) is 1.88. The van der Waals surface area contributed by atoms with Gasteiger partial charge in [-0.15, -0.1) is 0 Å². The number of aryl methyl sites for hydroxylation is 1. The molecule has 2 aromatic heterocycles. The highest BCUT2D eigenvalue weighted by Crippen LogP contribution is 2.24. The Hall–Kier alpha value is -2.80. The lowest BCUT2D eigenvalue weighted by atomic mass is 10.2. The topological polar surface area (TPSA) is 76.8 Å². The van der Waals surface area contributed by atoms with Gasteiger partial charge in [0.05, 0.1) is 23.3 Å². The average Bonchev–Trinajstić information content (AvgIpc) is 3.12. The minimum Gasteiger partial charge on any atom is -0.306 e. The highest BCUT2D eigenvalue weighted by molar-refractivity contribution is 6.31. The zero-order valence-corrected chi connectivity index (χ0v) is 12.4. The second-order valence-electron chi connectivity index (χ2n) is 4.59. The third kappa shape index (κ3) is 3.09. The molecule has 0 fully saturated rings. The maximum absolute atomic E-state index is 12.1. The summed E-state index contributed by atoms with van der Waals surface area (Å²) in [6, 6.07) is 6.58. The van der Waals surface area contributed by atoms with Crippen molar-refractivity contribution in [2.75, 3.05) is 10.6 Å². The second-order valence-corrected chi connectivity index (χ2v) is 5.03. The first-order valence-electron chi connectivity index (χ1n) is 6.48. The van der Waals surface area contributed by atoms with Gasteiger partial charge in [-0.3, -0.25) is 4.68 Å². The van der Waals surface area contributed by atoms with Gasteiger partial charge < -0.3 is 10.6 Å². The lowest BCUT2D eigenvalue weighted by molar-refractivity contribution is 0.262. The number of carbonyl (C=O) groups excluding carboxylic acids is 1. The number of carbonyl (C=O) groups is 1. The Bertz CT molecular complexity index is 796. The largest absolute Gasteiger partial charge is 0.323 e. The molecule has 0 aliphatic carbocycles. The number of nitrogens with one attached hydrogen (secondary N) is 2. The van der Waals surface area contributed by atoms with E-state index in [2.05, 4.69) is 20.8 Å². The van der Waals surface area contributed by atoms with E-state index in [0.717, 1.165) is 0 Å². The van der Waals surface area contributed by atoms with Gasteiger partial charge in [0.1, 0.15) is 0 Å². The molecule has 2 heterocycles. The molecule has 112 valence electrons. The number of anilines is 2. The SMILES string of the molecule is Cn1cc(NC(=O)Nc2ccc(Cl)cc2-n2cccn2)cn1. The first kappa shape index (κ1) is 14.2. The molecule has 8 heteroatoms. The van der Waals surface area contributed by atoms with Crippen LogP contribution in [0.3, 0.4) is 0 Å². The summed E-state index contributed by atoms with van der Waals surface area (Å²) in [7, 11) is 1.78. The molecule has 0 radical (unpaired) electrons. The van der Waals surface area contributed by atoms with Crippen molar-refractivity contribution in [2.24, 2.45) is 7.05 Å². The Kier molecular flexibility index (Phi) is 3.80. The molecule has 7 nitrogen and oxygen atoms in total. The molecule has 3 aromatic rings. The molecular formula is C14H13ClN6O. The van der Waals surface area contributed by atoms with Gasteiger partial charge in [-0.2, -0.15) is 10.2 Å². The highest BCUT2D eigenvalue weighted by atomic mass is 35.5. The third-order valence-electron chi connectivity index (χ3n) is 2.92.